The van der Waals surface area contributed by atoms with Gasteiger partial charge in [0.1, 0.15) is 0 Å². The smallest absolute Gasteiger partial charge is 0.319 e. The molecule has 1 aliphatic heterocycles. The van der Waals surface area contributed by atoms with Crippen LogP contribution in [0.5, 0.6) is 0 Å². The fourth-order valence-electron chi connectivity index (χ4n) is 2.47. The fraction of sp³-hybridized carbons (Fsp3) is 0.500. The summed E-state index contributed by atoms with van der Waals surface area (Å²) in [6.07, 6.45) is 2.78. The molecule has 23 heavy (non-hydrogen) atoms. The Morgan fingerprint density at radius 1 is 1.35 bits per heavy atom. The zero-order chi connectivity index (χ0) is 16.4. The first-order chi connectivity index (χ1) is 11.0. The van der Waals surface area contributed by atoms with E-state index in [2.05, 4.69) is 16.0 Å². The fourth-order valence-corrected chi connectivity index (χ4v) is 2.67. The van der Waals surface area contributed by atoms with Gasteiger partial charge in [-0.2, -0.15) is 0 Å². The van der Waals surface area contributed by atoms with Crippen molar-refractivity contribution in [3.8, 4) is 0 Å². The number of anilines is 1. The minimum atomic E-state index is -0.358. The maximum absolute atomic E-state index is 12.1. The van der Waals surface area contributed by atoms with Gasteiger partial charge in [-0.15, -0.1) is 0 Å². The van der Waals surface area contributed by atoms with Crippen molar-refractivity contribution in [2.24, 2.45) is 0 Å². The zero-order valence-corrected chi connectivity index (χ0v) is 13.7. The molecule has 6 nitrogen and oxygen atoms in total. The summed E-state index contributed by atoms with van der Waals surface area (Å²) in [6.45, 7) is 3.08. The SMILES string of the molecule is CC1(NC(=O)Nc2ccc(Cl)c(C(=O)NC3CC3)c2)CCOC1. The molecule has 3 N–H and O–H groups in total. The molecule has 1 saturated carbocycles. The Hall–Kier alpha value is -1.79. The summed E-state index contributed by atoms with van der Waals surface area (Å²) in [5, 5.41) is 8.90. The normalized spacial score (nSPS) is 23.4. The Bertz CT molecular complexity index is 625. The average molecular weight is 338 g/mol. The third kappa shape index (κ3) is 4.14. The first kappa shape index (κ1) is 16.1. The van der Waals surface area contributed by atoms with E-state index in [9.17, 15) is 9.59 Å². The second-order valence-electron chi connectivity index (χ2n) is 6.38. The molecule has 0 radical (unpaired) electrons. The summed E-state index contributed by atoms with van der Waals surface area (Å²) in [5.74, 6) is -0.210. The Morgan fingerprint density at radius 2 is 2.13 bits per heavy atom. The van der Waals surface area contributed by atoms with Crippen LogP contribution in [0.25, 0.3) is 0 Å². The highest BCUT2D eigenvalue weighted by Crippen LogP contribution is 2.24. The highest BCUT2D eigenvalue weighted by atomic mass is 35.5. The largest absolute Gasteiger partial charge is 0.379 e. The van der Waals surface area contributed by atoms with E-state index >= 15 is 0 Å². The number of ether oxygens (including phenoxy) is 1. The average Bonchev–Trinajstić information content (AvgIpc) is 3.20. The van der Waals surface area contributed by atoms with Crippen LogP contribution in [0.2, 0.25) is 5.02 Å². The molecule has 0 spiro atoms. The summed E-state index contributed by atoms with van der Waals surface area (Å²) in [6, 6.07) is 4.80. The van der Waals surface area contributed by atoms with E-state index < -0.39 is 0 Å². The molecule has 2 fully saturated rings. The van der Waals surface area contributed by atoms with Crippen LogP contribution in [-0.2, 0) is 4.74 Å². The van der Waals surface area contributed by atoms with Crippen LogP contribution in [-0.4, -0.2) is 36.7 Å². The van der Waals surface area contributed by atoms with E-state index in [0.29, 0.717) is 29.5 Å². The Labute approximate surface area is 139 Å². The summed E-state index contributed by atoms with van der Waals surface area (Å²) >= 11 is 6.09. The Morgan fingerprint density at radius 3 is 2.78 bits per heavy atom. The van der Waals surface area contributed by atoms with E-state index in [1.54, 1.807) is 18.2 Å². The van der Waals surface area contributed by atoms with Crippen molar-refractivity contribution in [1.29, 1.82) is 0 Å². The predicted molar refractivity (Wildman–Crippen MR) is 87.9 cm³/mol. The number of carbonyl (C=O) groups is 2. The van der Waals surface area contributed by atoms with Gasteiger partial charge in [0.05, 0.1) is 22.7 Å². The molecule has 1 unspecified atom stereocenters. The van der Waals surface area contributed by atoms with Crippen molar-refractivity contribution in [1.82, 2.24) is 10.6 Å². The van der Waals surface area contributed by atoms with E-state index in [1.165, 1.54) is 0 Å². The molecule has 0 aromatic heterocycles. The number of rotatable bonds is 4. The monoisotopic (exact) mass is 337 g/mol. The van der Waals surface area contributed by atoms with Gasteiger partial charge in [0.25, 0.3) is 5.91 Å². The minimum Gasteiger partial charge on any atom is -0.379 e. The topological polar surface area (TPSA) is 79.5 Å². The molecule has 1 saturated heterocycles. The number of benzene rings is 1. The van der Waals surface area contributed by atoms with Crippen LogP contribution in [0.3, 0.4) is 0 Å². The van der Waals surface area contributed by atoms with Crippen LogP contribution in [0.4, 0.5) is 10.5 Å². The third-order valence-corrected chi connectivity index (χ3v) is 4.35. The van der Waals surface area contributed by atoms with Crippen LogP contribution in [0, 0.1) is 0 Å². The summed E-state index contributed by atoms with van der Waals surface area (Å²) < 4.78 is 5.31. The van der Waals surface area contributed by atoms with Crippen LogP contribution >= 0.6 is 11.6 Å². The molecule has 3 rings (SSSR count). The molecule has 1 aromatic rings. The van der Waals surface area contributed by atoms with Gasteiger partial charge in [0.2, 0.25) is 0 Å². The van der Waals surface area contributed by atoms with Crippen LogP contribution in [0.15, 0.2) is 18.2 Å². The van der Waals surface area contributed by atoms with Crippen LogP contribution < -0.4 is 16.0 Å². The maximum atomic E-state index is 12.1. The molecule has 7 heteroatoms. The molecule has 1 atom stereocenters. The van der Waals surface area contributed by atoms with Crippen molar-refractivity contribution in [2.75, 3.05) is 18.5 Å². The second kappa shape index (κ2) is 6.37. The quantitative estimate of drug-likeness (QED) is 0.790. The van der Waals surface area contributed by atoms with Crippen molar-refractivity contribution in [2.45, 2.75) is 37.8 Å². The molecule has 2 aliphatic rings. The lowest BCUT2D eigenvalue weighted by Crippen LogP contribution is -2.48. The van der Waals surface area contributed by atoms with Gasteiger partial charge < -0.3 is 20.7 Å². The third-order valence-electron chi connectivity index (χ3n) is 4.02. The van der Waals surface area contributed by atoms with Crippen LogP contribution in [0.1, 0.15) is 36.5 Å². The van der Waals surface area contributed by atoms with Gasteiger partial charge in [0.15, 0.2) is 0 Å². The van der Waals surface area contributed by atoms with Crippen molar-refractivity contribution in [3.05, 3.63) is 28.8 Å². The molecule has 3 amide bonds. The number of nitrogens with one attached hydrogen (secondary N) is 3. The second-order valence-corrected chi connectivity index (χ2v) is 6.79. The standard InChI is InChI=1S/C16H20ClN3O3/c1-16(6-7-23-9-16)20-15(22)19-11-4-5-13(17)12(8-11)14(21)18-10-2-3-10/h4-5,8,10H,2-3,6-7,9H2,1H3,(H,18,21)(H2,19,20,22). The van der Waals surface area contributed by atoms with E-state index in [1.807, 2.05) is 6.92 Å². The summed E-state index contributed by atoms with van der Waals surface area (Å²) in [5.41, 5.74) is 0.532. The summed E-state index contributed by atoms with van der Waals surface area (Å²) in [7, 11) is 0. The van der Waals surface area contributed by atoms with E-state index in [0.717, 1.165) is 19.3 Å². The first-order valence-corrected chi connectivity index (χ1v) is 8.10. The lowest BCUT2D eigenvalue weighted by Gasteiger charge is -2.23. The maximum Gasteiger partial charge on any atom is 0.319 e. The number of amides is 3. The number of halogens is 1. The highest BCUT2D eigenvalue weighted by Gasteiger charge is 2.31. The van der Waals surface area contributed by atoms with Gasteiger partial charge in [-0.3, -0.25) is 4.79 Å². The molecular formula is C16H20ClN3O3. The van der Waals surface area contributed by atoms with Gasteiger partial charge in [-0.05, 0) is 44.4 Å². The van der Waals surface area contributed by atoms with Gasteiger partial charge in [-0.25, -0.2) is 4.79 Å². The molecule has 1 aliphatic carbocycles. The lowest BCUT2D eigenvalue weighted by molar-refractivity contribution is 0.0951. The van der Waals surface area contributed by atoms with Crippen molar-refractivity contribution < 1.29 is 14.3 Å². The first-order valence-electron chi connectivity index (χ1n) is 7.72. The van der Waals surface area contributed by atoms with Gasteiger partial charge >= 0.3 is 6.03 Å². The summed E-state index contributed by atoms with van der Waals surface area (Å²) in [4.78, 5) is 24.3. The van der Waals surface area contributed by atoms with Gasteiger partial charge in [-0.1, -0.05) is 11.6 Å². The Balaban J connectivity index is 1.65. The molecular weight excluding hydrogens is 318 g/mol. The lowest BCUT2D eigenvalue weighted by atomic mass is 10.0. The highest BCUT2D eigenvalue weighted by molar-refractivity contribution is 6.34. The van der Waals surface area contributed by atoms with E-state index in [-0.39, 0.29) is 23.5 Å². The number of carbonyl (C=O) groups excluding carboxylic acids is 2. The molecule has 124 valence electrons. The number of hydrogen-bond acceptors (Lipinski definition) is 3. The Kier molecular flexibility index (Phi) is 4.46. The zero-order valence-electron chi connectivity index (χ0n) is 12.9. The van der Waals surface area contributed by atoms with Crippen molar-refractivity contribution >= 4 is 29.2 Å². The predicted octanol–water partition coefficient (Wildman–Crippen LogP) is 2.53. The number of urea groups is 1. The minimum absolute atomic E-state index is 0.210. The molecule has 1 aromatic carbocycles. The molecule has 1 heterocycles. The van der Waals surface area contributed by atoms with Gasteiger partial charge in [0, 0.05) is 18.3 Å². The van der Waals surface area contributed by atoms with E-state index in [4.69, 9.17) is 16.3 Å². The number of hydrogen-bond donors (Lipinski definition) is 3. The molecule has 0 bridgehead atoms. The van der Waals surface area contributed by atoms with Crippen molar-refractivity contribution in [3.63, 3.8) is 0 Å².